The summed E-state index contributed by atoms with van der Waals surface area (Å²) in [6, 6.07) is 10.1. The first-order valence-corrected chi connectivity index (χ1v) is 11.4. The van der Waals surface area contributed by atoms with E-state index in [1.807, 2.05) is 24.3 Å². The molecule has 182 valence electrons. The summed E-state index contributed by atoms with van der Waals surface area (Å²) in [5, 5.41) is 10.6. The predicted octanol–water partition coefficient (Wildman–Crippen LogP) is 0.741. The maximum Gasteiger partial charge on any atom is 0.255 e. The number of piperazine rings is 1. The Bertz CT molecular complexity index is 1270. The molecule has 0 aliphatic carbocycles. The predicted molar refractivity (Wildman–Crippen MR) is 135 cm³/mol. The van der Waals surface area contributed by atoms with E-state index in [-0.39, 0.29) is 17.4 Å². The summed E-state index contributed by atoms with van der Waals surface area (Å²) < 4.78 is 1.56. The minimum Gasteiger partial charge on any atom is -0.368 e. The number of anilines is 2. The Labute approximate surface area is 203 Å². The number of nitrogens with two attached hydrogens (primary N) is 1. The molecule has 0 saturated carbocycles. The first kappa shape index (κ1) is 24.0. The van der Waals surface area contributed by atoms with Crippen molar-refractivity contribution in [1.29, 1.82) is 5.41 Å². The molecule has 1 saturated heterocycles. The molecule has 11 nitrogen and oxygen atoms in total. The van der Waals surface area contributed by atoms with Gasteiger partial charge >= 0.3 is 0 Å². The number of carbonyl (C=O) groups is 1. The van der Waals surface area contributed by atoms with Crippen molar-refractivity contribution >= 4 is 23.4 Å². The standard InChI is InChI=1S/C24H29N9O2/c1-15-13-32(18-6-4-17(5-7-18)22(26)30-23(35)16(2)25)10-11-33(15)24-29-20(12-21(34)31(24)3)19-8-9-27-14-28-19/h4-9,12,14-16H,10-11,13,25H2,1-3H3,(H2,26,30,35)/t15-,16+/m1/s1. The van der Waals surface area contributed by atoms with Crippen LogP contribution >= 0.6 is 0 Å². The van der Waals surface area contributed by atoms with Crippen LogP contribution in [0.1, 0.15) is 19.4 Å². The first-order chi connectivity index (χ1) is 16.7. The van der Waals surface area contributed by atoms with Crippen LogP contribution < -0.4 is 26.4 Å². The van der Waals surface area contributed by atoms with Gasteiger partial charge in [0.15, 0.2) is 0 Å². The van der Waals surface area contributed by atoms with E-state index >= 15 is 0 Å². The van der Waals surface area contributed by atoms with Gasteiger partial charge in [-0.2, -0.15) is 0 Å². The van der Waals surface area contributed by atoms with Crippen molar-refractivity contribution in [3.05, 3.63) is 64.8 Å². The highest BCUT2D eigenvalue weighted by molar-refractivity contribution is 6.07. The molecule has 3 aromatic rings. The lowest BCUT2D eigenvalue weighted by Gasteiger charge is -2.42. The summed E-state index contributed by atoms with van der Waals surface area (Å²) in [6.07, 6.45) is 3.07. The largest absolute Gasteiger partial charge is 0.368 e. The Morgan fingerprint density at radius 3 is 2.57 bits per heavy atom. The van der Waals surface area contributed by atoms with Crippen molar-refractivity contribution in [1.82, 2.24) is 24.8 Å². The zero-order valence-corrected chi connectivity index (χ0v) is 20.0. The zero-order chi connectivity index (χ0) is 25.1. The lowest BCUT2D eigenvalue weighted by Crippen LogP contribution is -2.53. The molecule has 0 unspecified atom stereocenters. The number of hydrogen-bond acceptors (Lipinski definition) is 9. The van der Waals surface area contributed by atoms with Crippen LogP contribution in [0, 0.1) is 5.41 Å². The summed E-state index contributed by atoms with van der Waals surface area (Å²) in [5.74, 6) is 0.232. The Kier molecular flexibility index (Phi) is 6.87. The Morgan fingerprint density at radius 2 is 1.94 bits per heavy atom. The number of benzene rings is 1. The quantitative estimate of drug-likeness (QED) is 0.362. The molecular weight excluding hydrogens is 446 g/mol. The van der Waals surface area contributed by atoms with Gasteiger partial charge in [0.1, 0.15) is 12.2 Å². The van der Waals surface area contributed by atoms with E-state index in [9.17, 15) is 9.59 Å². The summed E-state index contributed by atoms with van der Waals surface area (Å²) in [7, 11) is 1.73. The van der Waals surface area contributed by atoms with Crippen molar-refractivity contribution in [2.75, 3.05) is 29.4 Å². The molecule has 1 fully saturated rings. The summed E-state index contributed by atoms with van der Waals surface area (Å²) in [5.41, 5.74) is 8.16. The van der Waals surface area contributed by atoms with Crippen LogP contribution in [0.25, 0.3) is 11.4 Å². The molecule has 35 heavy (non-hydrogen) atoms. The van der Waals surface area contributed by atoms with E-state index in [4.69, 9.17) is 16.1 Å². The minimum absolute atomic E-state index is 0.0209. The zero-order valence-electron chi connectivity index (χ0n) is 20.0. The van der Waals surface area contributed by atoms with E-state index in [1.54, 1.807) is 30.8 Å². The van der Waals surface area contributed by atoms with Gasteiger partial charge in [-0.3, -0.25) is 19.6 Å². The molecular formula is C24H29N9O2. The number of carbonyl (C=O) groups excluding carboxylic acids is 1. The highest BCUT2D eigenvalue weighted by Gasteiger charge is 2.27. The molecule has 1 aromatic carbocycles. The van der Waals surface area contributed by atoms with Crippen LogP contribution in [0.3, 0.4) is 0 Å². The highest BCUT2D eigenvalue weighted by Crippen LogP contribution is 2.24. The van der Waals surface area contributed by atoms with Gasteiger partial charge in [-0.1, -0.05) is 0 Å². The van der Waals surface area contributed by atoms with E-state index in [1.165, 1.54) is 12.4 Å². The molecule has 0 spiro atoms. The molecule has 3 heterocycles. The van der Waals surface area contributed by atoms with Gasteiger partial charge < -0.3 is 20.9 Å². The van der Waals surface area contributed by atoms with E-state index in [0.717, 1.165) is 18.8 Å². The molecule has 11 heteroatoms. The topological polar surface area (TPSA) is 146 Å². The summed E-state index contributed by atoms with van der Waals surface area (Å²) in [6.45, 7) is 5.81. The minimum atomic E-state index is -0.678. The maximum atomic E-state index is 12.7. The van der Waals surface area contributed by atoms with Gasteiger partial charge in [-0.25, -0.2) is 15.0 Å². The van der Waals surface area contributed by atoms with Gasteiger partial charge in [-0.05, 0) is 44.2 Å². The third-order valence-electron chi connectivity index (χ3n) is 6.02. The van der Waals surface area contributed by atoms with Crippen molar-refractivity contribution < 1.29 is 4.79 Å². The van der Waals surface area contributed by atoms with Crippen LogP contribution in [0.5, 0.6) is 0 Å². The molecule has 1 aliphatic rings. The molecule has 2 aromatic heterocycles. The summed E-state index contributed by atoms with van der Waals surface area (Å²) in [4.78, 5) is 41.7. The third-order valence-corrected chi connectivity index (χ3v) is 6.02. The fraction of sp³-hybridized carbons (Fsp3) is 0.333. The van der Waals surface area contributed by atoms with E-state index < -0.39 is 11.9 Å². The van der Waals surface area contributed by atoms with E-state index in [2.05, 4.69) is 32.0 Å². The number of amides is 1. The van der Waals surface area contributed by atoms with Crippen molar-refractivity contribution in [3.63, 3.8) is 0 Å². The molecule has 1 aliphatic heterocycles. The lowest BCUT2D eigenvalue weighted by molar-refractivity contribution is -0.120. The highest BCUT2D eigenvalue weighted by atomic mass is 16.2. The van der Waals surface area contributed by atoms with Crippen LogP contribution in [-0.2, 0) is 11.8 Å². The van der Waals surface area contributed by atoms with Gasteiger partial charge in [-0.15, -0.1) is 0 Å². The maximum absolute atomic E-state index is 12.7. The third kappa shape index (κ3) is 5.19. The lowest BCUT2D eigenvalue weighted by atomic mass is 10.1. The normalized spacial score (nSPS) is 16.6. The smallest absolute Gasteiger partial charge is 0.255 e. The molecule has 0 radical (unpaired) electrons. The monoisotopic (exact) mass is 475 g/mol. The summed E-state index contributed by atoms with van der Waals surface area (Å²) >= 11 is 0. The number of amidine groups is 1. The van der Waals surface area contributed by atoms with Gasteiger partial charge in [0.2, 0.25) is 11.9 Å². The van der Waals surface area contributed by atoms with Gasteiger partial charge in [0, 0.05) is 56.2 Å². The van der Waals surface area contributed by atoms with E-state index in [0.29, 0.717) is 29.4 Å². The van der Waals surface area contributed by atoms with Crippen molar-refractivity contribution in [2.45, 2.75) is 25.9 Å². The molecule has 2 atom stereocenters. The number of rotatable bonds is 5. The fourth-order valence-corrected chi connectivity index (χ4v) is 4.00. The van der Waals surface area contributed by atoms with Crippen LogP contribution in [0.15, 0.2) is 53.7 Å². The molecule has 1 amide bonds. The number of hydrogen-bond donors (Lipinski definition) is 3. The SMILES string of the molecule is C[C@H](N)C(=O)NC(=N)c1ccc(N2CCN(c3nc(-c4ccncn4)cc(=O)n3C)[C@H](C)C2)cc1. The van der Waals surface area contributed by atoms with Crippen LogP contribution in [0.4, 0.5) is 11.6 Å². The first-order valence-electron chi connectivity index (χ1n) is 11.4. The molecule has 0 bridgehead atoms. The number of nitrogens with zero attached hydrogens (tertiary/aromatic N) is 6. The van der Waals surface area contributed by atoms with Crippen molar-refractivity contribution in [3.8, 4) is 11.4 Å². The van der Waals surface area contributed by atoms with Gasteiger partial charge in [0.25, 0.3) is 5.56 Å². The Balaban J connectivity index is 1.48. The Morgan fingerprint density at radius 1 is 1.20 bits per heavy atom. The second-order valence-corrected chi connectivity index (χ2v) is 8.62. The number of nitrogens with one attached hydrogen (secondary N) is 2. The fourth-order valence-electron chi connectivity index (χ4n) is 4.00. The van der Waals surface area contributed by atoms with Gasteiger partial charge in [0.05, 0.1) is 17.4 Å². The Hall–Kier alpha value is -4.12. The second kappa shape index (κ2) is 10.0. The second-order valence-electron chi connectivity index (χ2n) is 8.62. The van der Waals surface area contributed by atoms with Crippen LogP contribution in [0.2, 0.25) is 0 Å². The average molecular weight is 476 g/mol. The van der Waals surface area contributed by atoms with Crippen molar-refractivity contribution in [2.24, 2.45) is 12.8 Å². The number of aromatic nitrogens is 4. The molecule has 4 N–H and O–H groups in total. The molecule has 4 rings (SSSR count). The van der Waals surface area contributed by atoms with Crippen LogP contribution in [-0.4, -0.2) is 63.0 Å². The average Bonchev–Trinajstić information content (AvgIpc) is 2.86.